The first-order valence-corrected chi connectivity index (χ1v) is 6.37. The summed E-state index contributed by atoms with van der Waals surface area (Å²) in [5.74, 6) is -0.757. The van der Waals surface area contributed by atoms with Gasteiger partial charge in [-0.25, -0.2) is 21.6 Å². The van der Waals surface area contributed by atoms with Crippen molar-refractivity contribution in [1.82, 2.24) is 4.31 Å². The Morgan fingerprint density at radius 3 is 2.50 bits per heavy atom. The summed E-state index contributed by atoms with van der Waals surface area (Å²) in [4.78, 5) is -0.337. The highest BCUT2D eigenvalue weighted by atomic mass is 32.2. The second-order valence-corrected chi connectivity index (χ2v) is 5.63. The Hall–Kier alpha value is -1.12. The van der Waals surface area contributed by atoms with Crippen molar-refractivity contribution >= 4 is 10.0 Å². The number of aliphatic hydroxyl groups excluding tert-OH is 1. The molecule has 1 aromatic rings. The van der Waals surface area contributed by atoms with Crippen LogP contribution in [0.5, 0.6) is 0 Å². The van der Waals surface area contributed by atoms with Crippen molar-refractivity contribution in [3.8, 4) is 0 Å². The van der Waals surface area contributed by atoms with Gasteiger partial charge in [0.05, 0.1) is 18.0 Å². The molecule has 0 aliphatic rings. The highest BCUT2D eigenvalue weighted by Gasteiger charge is 2.24. The zero-order chi connectivity index (χ0) is 13.9. The molecule has 0 bridgehead atoms. The third-order valence-electron chi connectivity index (χ3n) is 2.29. The number of benzene rings is 1. The van der Waals surface area contributed by atoms with Crippen molar-refractivity contribution in [1.29, 1.82) is 0 Å². The first kappa shape index (κ1) is 14.9. The van der Waals surface area contributed by atoms with E-state index >= 15 is 0 Å². The second kappa shape index (κ2) is 5.68. The fourth-order valence-electron chi connectivity index (χ4n) is 1.31. The molecule has 0 aliphatic carbocycles. The van der Waals surface area contributed by atoms with Gasteiger partial charge < -0.3 is 5.11 Å². The summed E-state index contributed by atoms with van der Waals surface area (Å²) >= 11 is 0. The van der Waals surface area contributed by atoms with E-state index in [1.165, 1.54) is 0 Å². The molecular weight excluding hydrogens is 271 g/mol. The van der Waals surface area contributed by atoms with Gasteiger partial charge >= 0.3 is 0 Å². The number of nitrogens with zero attached hydrogens (tertiary/aromatic N) is 1. The monoisotopic (exact) mass is 283 g/mol. The van der Waals surface area contributed by atoms with Crippen LogP contribution in [0.1, 0.15) is 5.56 Å². The number of rotatable bonds is 5. The molecule has 1 rings (SSSR count). The van der Waals surface area contributed by atoms with Gasteiger partial charge in [-0.05, 0) is 18.2 Å². The lowest BCUT2D eigenvalue weighted by atomic mass is 10.2. The molecule has 0 aliphatic heterocycles. The largest absolute Gasteiger partial charge is 0.392 e. The summed E-state index contributed by atoms with van der Waals surface area (Å²) in [6.07, 6.45) is -2.80. The number of hydrogen-bond acceptors (Lipinski definition) is 3. The molecule has 0 atom stereocenters. The van der Waals surface area contributed by atoms with Crippen molar-refractivity contribution in [2.75, 3.05) is 13.6 Å². The minimum absolute atomic E-state index is 0.207. The molecule has 102 valence electrons. The predicted octanol–water partition coefficient (Wildman–Crippen LogP) is 1.20. The minimum Gasteiger partial charge on any atom is -0.392 e. The lowest BCUT2D eigenvalue weighted by Crippen LogP contribution is -2.31. The number of hydrogen-bond donors (Lipinski definition) is 1. The minimum atomic E-state index is -4.11. The Morgan fingerprint density at radius 2 is 2.00 bits per heavy atom. The van der Waals surface area contributed by atoms with Crippen LogP contribution in [0.4, 0.5) is 13.2 Å². The number of sulfonamides is 1. The first-order valence-electron chi connectivity index (χ1n) is 4.92. The third-order valence-corrected chi connectivity index (χ3v) is 4.11. The highest BCUT2D eigenvalue weighted by Crippen LogP contribution is 2.19. The lowest BCUT2D eigenvalue weighted by molar-refractivity contribution is 0.126. The summed E-state index contributed by atoms with van der Waals surface area (Å²) in [5.41, 5.74) is -0.207. The van der Waals surface area contributed by atoms with Crippen LogP contribution in [0, 0.1) is 5.82 Å². The maximum Gasteiger partial charge on any atom is 0.252 e. The molecule has 8 heteroatoms. The van der Waals surface area contributed by atoms with Crippen molar-refractivity contribution in [3.63, 3.8) is 0 Å². The van der Waals surface area contributed by atoms with Crippen LogP contribution >= 0.6 is 0 Å². The molecule has 1 aromatic carbocycles. The highest BCUT2D eigenvalue weighted by molar-refractivity contribution is 7.89. The molecule has 4 nitrogen and oxygen atoms in total. The molecule has 0 saturated heterocycles. The van der Waals surface area contributed by atoms with Crippen LogP contribution in [0.3, 0.4) is 0 Å². The maximum atomic E-state index is 13.1. The van der Waals surface area contributed by atoms with E-state index in [0.717, 1.165) is 25.2 Å². The van der Waals surface area contributed by atoms with E-state index in [9.17, 15) is 21.6 Å². The molecule has 0 aromatic heterocycles. The van der Waals surface area contributed by atoms with Gasteiger partial charge in [0, 0.05) is 12.6 Å². The van der Waals surface area contributed by atoms with Crippen molar-refractivity contribution in [2.45, 2.75) is 17.9 Å². The van der Waals surface area contributed by atoms with Gasteiger partial charge in [-0.1, -0.05) is 0 Å². The summed E-state index contributed by atoms with van der Waals surface area (Å²) in [5, 5.41) is 8.82. The fourth-order valence-corrected chi connectivity index (χ4v) is 2.51. The lowest BCUT2D eigenvalue weighted by Gasteiger charge is -2.17. The molecular formula is C10H12F3NO3S. The molecule has 18 heavy (non-hydrogen) atoms. The van der Waals surface area contributed by atoms with Gasteiger partial charge in [-0.15, -0.1) is 0 Å². The van der Waals surface area contributed by atoms with E-state index < -0.39 is 35.4 Å². The van der Waals surface area contributed by atoms with Crippen LogP contribution in [-0.2, 0) is 16.6 Å². The number of halogens is 3. The Morgan fingerprint density at radius 1 is 1.39 bits per heavy atom. The first-order chi connectivity index (χ1) is 8.28. The summed E-state index contributed by atoms with van der Waals surface area (Å²) < 4.78 is 61.5. The summed E-state index contributed by atoms with van der Waals surface area (Å²) in [6.45, 7) is -1.62. The van der Waals surface area contributed by atoms with Crippen molar-refractivity contribution in [3.05, 3.63) is 29.6 Å². The smallest absolute Gasteiger partial charge is 0.252 e. The third kappa shape index (κ3) is 3.21. The zero-order valence-electron chi connectivity index (χ0n) is 9.48. The molecule has 0 spiro atoms. The number of aliphatic hydroxyl groups is 1. The van der Waals surface area contributed by atoms with Crippen LogP contribution in [0.2, 0.25) is 0 Å². The number of alkyl halides is 2. The average molecular weight is 283 g/mol. The Balaban J connectivity index is 3.12. The molecule has 0 heterocycles. The van der Waals surface area contributed by atoms with E-state index in [1.54, 1.807) is 0 Å². The van der Waals surface area contributed by atoms with Gasteiger partial charge in [-0.3, -0.25) is 0 Å². The molecule has 0 radical (unpaired) electrons. The fraction of sp³-hybridized carbons (Fsp3) is 0.400. The topological polar surface area (TPSA) is 57.6 Å². The average Bonchev–Trinajstić information content (AvgIpc) is 2.28. The molecule has 1 N–H and O–H groups in total. The van der Waals surface area contributed by atoms with Crippen molar-refractivity contribution < 1.29 is 26.7 Å². The van der Waals surface area contributed by atoms with Gasteiger partial charge in [0.2, 0.25) is 10.0 Å². The van der Waals surface area contributed by atoms with Crippen LogP contribution < -0.4 is 0 Å². The molecule has 0 amide bonds. The van der Waals surface area contributed by atoms with Gasteiger partial charge in [0.1, 0.15) is 5.82 Å². The second-order valence-electron chi connectivity index (χ2n) is 3.59. The van der Waals surface area contributed by atoms with Gasteiger partial charge in [-0.2, -0.15) is 4.31 Å². The quantitative estimate of drug-likeness (QED) is 0.883. The van der Waals surface area contributed by atoms with E-state index in [4.69, 9.17) is 5.11 Å². The molecule has 0 saturated carbocycles. The zero-order valence-corrected chi connectivity index (χ0v) is 10.3. The normalized spacial score (nSPS) is 12.4. The predicted molar refractivity (Wildman–Crippen MR) is 58.1 cm³/mol. The Kier molecular flexibility index (Phi) is 4.71. The van der Waals surface area contributed by atoms with Gasteiger partial charge in [0.15, 0.2) is 0 Å². The van der Waals surface area contributed by atoms with E-state index in [1.807, 2.05) is 0 Å². The molecule has 0 unspecified atom stereocenters. The van der Waals surface area contributed by atoms with E-state index in [2.05, 4.69) is 0 Å². The van der Waals surface area contributed by atoms with E-state index in [-0.39, 0.29) is 10.5 Å². The van der Waals surface area contributed by atoms with Crippen LogP contribution in [0.15, 0.2) is 23.1 Å². The Labute approximate surface area is 103 Å². The SMILES string of the molecule is CN(CC(F)F)S(=O)(=O)c1ccc(F)c(CO)c1. The van der Waals surface area contributed by atoms with E-state index in [0.29, 0.717) is 4.31 Å². The summed E-state index contributed by atoms with van der Waals surface area (Å²) in [6, 6.07) is 2.76. The maximum absolute atomic E-state index is 13.1. The standard InChI is InChI=1S/C10H12F3NO3S/c1-14(5-10(12)13)18(16,17)8-2-3-9(11)7(4-8)6-15/h2-4,10,15H,5-6H2,1H3. The van der Waals surface area contributed by atoms with Crippen LogP contribution in [-0.4, -0.2) is 37.8 Å². The molecule has 0 fully saturated rings. The van der Waals surface area contributed by atoms with Crippen LogP contribution in [0.25, 0.3) is 0 Å². The van der Waals surface area contributed by atoms with Crippen molar-refractivity contribution in [2.24, 2.45) is 0 Å². The Bertz CT molecular complexity index is 519. The summed E-state index contributed by atoms with van der Waals surface area (Å²) in [7, 11) is -3.10. The van der Waals surface area contributed by atoms with Gasteiger partial charge in [0.25, 0.3) is 6.43 Å².